The highest BCUT2D eigenvalue weighted by molar-refractivity contribution is 7.91. The van der Waals surface area contributed by atoms with Crippen LogP contribution in [-0.2, 0) is 15.3 Å². The molecule has 0 radical (unpaired) electrons. The zero-order valence-corrected chi connectivity index (χ0v) is 12.5. The molecular formula is C13H21N3O3S. The van der Waals surface area contributed by atoms with Crippen molar-refractivity contribution < 1.29 is 12.9 Å². The highest BCUT2D eigenvalue weighted by Crippen LogP contribution is 2.38. The molecule has 112 valence electrons. The van der Waals surface area contributed by atoms with Crippen LogP contribution in [-0.4, -0.2) is 36.1 Å². The third-order valence-corrected chi connectivity index (χ3v) is 6.58. The Labute approximate surface area is 119 Å². The molecule has 7 heteroatoms. The van der Waals surface area contributed by atoms with E-state index in [4.69, 9.17) is 10.3 Å². The summed E-state index contributed by atoms with van der Waals surface area (Å²) in [7, 11) is -2.93. The van der Waals surface area contributed by atoms with E-state index in [-0.39, 0.29) is 28.9 Å². The second-order valence-corrected chi connectivity index (χ2v) is 8.56. The van der Waals surface area contributed by atoms with Crippen LogP contribution in [0.4, 0.5) is 0 Å². The molecule has 0 bridgehead atoms. The summed E-state index contributed by atoms with van der Waals surface area (Å²) in [6, 6.07) is 0.0249. The summed E-state index contributed by atoms with van der Waals surface area (Å²) in [5.74, 6) is 1.33. The molecule has 1 aromatic heterocycles. The second-order valence-electron chi connectivity index (χ2n) is 6.33. The van der Waals surface area contributed by atoms with Crippen LogP contribution in [0.15, 0.2) is 4.52 Å². The van der Waals surface area contributed by atoms with Gasteiger partial charge in [0, 0.05) is 12.0 Å². The second kappa shape index (κ2) is 4.80. The molecule has 0 aromatic carbocycles. The molecule has 1 saturated heterocycles. The summed E-state index contributed by atoms with van der Waals surface area (Å²) < 4.78 is 28.5. The average Bonchev–Trinajstić information content (AvgIpc) is 2.99. The summed E-state index contributed by atoms with van der Waals surface area (Å²) in [6.45, 7) is 2.07. The van der Waals surface area contributed by atoms with Gasteiger partial charge >= 0.3 is 0 Å². The zero-order chi connectivity index (χ0) is 14.4. The molecule has 1 saturated carbocycles. The van der Waals surface area contributed by atoms with Crippen molar-refractivity contribution in [2.75, 3.05) is 11.5 Å². The van der Waals surface area contributed by atoms with Gasteiger partial charge in [0.2, 0.25) is 5.89 Å². The fraction of sp³-hybridized carbons (Fsp3) is 0.846. The lowest BCUT2D eigenvalue weighted by molar-refractivity contribution is 0.202. The van der Waals surface area contributed by atoms with Crippen LogP contribution in [0, 0.1) is 0 Å². The van der Waals surface area contributed by atoms with Crippen molar-refractivity contribution in [3.05, 3.63) is 11.7 Å². The van der Waals surface area contributed by atoms with Crippen LogP contribution in [0.1, 0.15) is 56.7 Å². The normalized spacial score (nSPS) is 37.1. The van der Waals surface area contributed by atoms with Crippen LogP contribution in [0.5, 0.6) is 0 Å². The van der Waals surface area contributed by atoms with Crippen molar-refractivity contribution in [1.29, 1.82) is 0 Å². The van der Waals surface area contributed by atoms with Gasteiger partial charge in [0.25, 0.3) is 0 Å². The van der Waals surface area contributed by atoms with Gasteiger partial charge in [0.1, 0.15) is 0 Å². The van der Waals surface area contributed by atoms with Crippen molar-refractivity contribution in [1.82, 2.24) is 10.1 Å². The summed E-state index contributed by atoms with van der Waals surface area (Å²) in [6.07, 6.45) is 4.74. The Morgan fingerprint density at radius 2 is 2.15 bits per heavy atom. The van der Waals surface area contributed by atoms with Gasteiger partial charge in [0.05, 0.1) is 16.9 Å². The van der Waals surface area contributed by atoms with E-state index in [0.29, 0.717) is 18.1 Å². The zero-order valence-electron chi connectivity index (χ0n) is 11.7. The summed E-state index contributed by atoms with van der Waals surface area (Å²) in [4.78, 5) is 4.48. The Bertz CT molecular complexity index is 598. The maximum atomic E-state index is 11.5. The number of nitrogens with zero attached hydrogens (tertiary/aromatic N) is 2. The average molecular weight is 299 g/mol. The van der Waals surface area contributed by atoms with Gasteiger partial charge in [-0.3, -0.25) is 0 Å². The molecule has 6 nitrogen and oxygen atoms in total. The van der Waals surface area contributed by atoms with Gasteiger partial charge in [0.15, 0.2) is 15.7 Å². The van der Waals surface area contributed by atoms with Gasteiger partial charge in [-0.05, 0) is 26.2 Å². The molecular weight excluding hydrogens is 278 g/mol. The molecule has 1 aliphatic heterocycles. The first kappa shape index (κ1) is 14.0. The van der Waals surface area contributed by atoms with Crippen LogP contribution in [0.3, 0.4) is 0 Å². The lowest BCUT2D eigenvalue weighted by Crippen LogP contribution is -2.45. The molecule has 1 aromatic rings. The molecule has 0 spiro atoms. The van der Waals surface area contributed by atoms with Crippen molar-refractivity contribution in [2.45, 2.75) is 56.4 Å². The monoisotopic (exact) mass is 299 g/mol. The molecule has 2 aliphatic rings. The molecule has 3 atom stereocenters. The summed E-state index contributed by atoms with van der Waals surface area (Å²) in [5.41, 5.74) is 5.95. The summed E-state index contributed by atoms with van der Waals surface area (Å²) >= 11 is 0. The number of hydrogen-bond donors (Lipinski definition) is 1. The van der Waals surface area contributed by atoms with Crippen LogP contribution < -0.4 is 5.73 Å². The Hall–Kier alpha value is -0.950. The van der Waals surface area contributed by atoms with E-state index in [1.54, 1.807) is 0 Å². The number of nitrogens with two attached hydrogens (primary N) is 1. The molecule has 20 heavy (non-hydrogen) atoms. The fourth-order valence-electron chi connectivity index (χ4n) is 3.26. The predicted molar refractivity (Wildman–Crippen MR) is 74.1 cm³/mol. The van der Waals surface area contributed by atoms with E-state index >= 15 is 0 Å². The van der Waals surface area contributed by atoms with Crippen molar-refractivity contribution in [3.8, 4) is 0 Å². The number of sulfone groups is 1. The first-order valence-corrected chi connectivity index (χ1v) is 9.03. The molecule has 0 amide bonds. The summed E-state index contributed by atoms with van der Waals surface area (Å²) in [5, 5.41) is 4.01. The lowest BCUT2D eigenvalue weighted by atomic mass is 9.72. The van der Waals surface area contributed by atoms with Crippen molar-refractivity contribution in [2.24, 2.45) is 5.73 Å². The quantitative estimate of drug-likeness (QED) is 0.879. The number of rotatable bonds is 2. The molecule has 3 rings (SSSR count). The molecule has 2 N–H and O–H groups in total. The van der Waals surface area contributed by atoms with Crippen LogP contribution >= 0.6 is 0 Å². The minimum atomic E-state index is -2.93. The largest absolute Gasteiger partial charge is 0.339 e. The first-order valence-electron chi connectivity index (χ1n) is 7.21. The SMILES string of the molecule is CC1(c2nc(C3CCS(=O)(=O)C3)no2)CCCCC1N. The van der Waals surface area contributed by atoms with Gasteiger partial charge in [-0.1, -0.05) is 18.0 Å². The topological polar surface area (TPSA) is 99.1 Å². The van der Waals surface area contributed by atoms with E-state index in [1.807, 2.05) is 0 Å². The van der Waals surface area contributed by atoms with E-state index in [1.165, 1.54) is 0 Å². The van der Waals surface area contributed by atoms with Gasteiger partial charge < -0.3 is 10.3 Å². The van der Waals surface area contributed by atoms with Gasteiger partial charge in [-0.25, -0.2) is 8.42 Å². The third kappa shape index (κ3) is 2.37. The van der Waals surface area contributed by atoms with E-state index in [9.17, 15) is 8.42 Å². The minimum Gasteiger partial charge on any atom is -0.339 e. The standard InChI is InChI=1S/C13H21N3O3S/c1-13(6-3-2-4-10(13)14)12-15-11(16-19-12)9-5-7-20(17,18)8-9/h9-10H,2-8,14H2,1H3. The lowest BCUT2D eigenvalue weighted by Gasteiger charge is -2.35. The van der Waals surface area contributed by atoms with Gasteiger partial charge in [-0.2, -0.15) is 4.98 Å². The Kier molecular flexibility index (Phi) is 3.36. The predicted octanol–water partition coefficient (Wildman–Crippen LogP) is 1.13. The van der Waals surface area contributed by atoms with Gasteiger partial charge in [-0.15, -0.1) is 0 Å². The van der Waals surface area contributed by atoms with E-state index in [0.717, 1.165) is 25.7 Å². The van der Waals surface area contributed by atoms with E-state index < -0.39 is 9.84 Å². The first-order chi connectivity index (χ1) is 9.41. The molecule has 2 fully saturated rings. The maximum Gasteiger partial charge on any atom is 0.234 e. The van der Waals surface area contributed by atoms with Crippen molar-refractivity contribution in [3.63, 3.8) is 0 Å². The van der Waals surface area contributed by atoms with E-state index in [2.05, 4.69) is 17.1 Å². The minimum absolute atomic E-state index is 0.0249. The van der Waals surface area contributed by atoms with Crippen molar-refractivity contribution >= 4 is 9.84 Å². The highest BCUT2D eigenvalue weighted by Gasteiger charge is 2.42. The molecule has 2 heterocycles. The molecule has 1 aliphatic carbocycles. The highest BCUT2D eigenvalue weighted by atomic mass is 32.2. The van der Waals surface area contributed by atoms with Crippen LogP contribution in [0.25, 0.3) is 0 Å². The Balaban J connectivity index is 1.83. The number of aromatic nitrogens is 2. The van der Waals surface area contributed by atoms with Crippen LogP contribution in [0.2, 0.25) is 0 Å². The fourth-order valence-corrected chi connectivity index (χ4v) is 5.00. The molecule has 3 unspecified atom stereocenters. The Morgan fingerprint density at radius 3 is 2.80 bits per heavy atom. The maximum absolute atomic E-state index is 11.5. The number of hydrogen-bond acceptors (Lipinski definition) is 6. The smallest absolute Gasteiger partial charge is 0.234 e. The third-order valence-electron chi connectivity index (χ3n) is 4.81. The Morgan fingerprint density at radius 1 is 1.35 bits per heavy atom.